The van der Waals surface area contributed by atoms with E-state index in [1.165, 1.54) is 0 Å². The predicted molar refractivity (Wildman–Crippen MR) is 66.7 cm³/mol. The molecule has 1 heterocycles. The van der Waals surface area contributed by atoms with Crippen molar-refractivity contribution in [2.45, 2.75) is 6.54 Å². The zero-order valence-corrected chi connectivity index (χ0v) is 10.2. The van der Waals surface area contributed by atoms with Crippen molar-refractivity contribution in [3.63, 3.8) is 0 Å². The van der Waals surface area contributed by atoms with Crippen LogP contribution in [0.25, 0.3) is 0 Å². The maximum absolute atomic E-state index is 8.90. The molecule has 0 unspecified atom stereocenters. The van der Waals surface area contributed by atoms with Crippen molar-refractivity contribution in [3.8, 4) is 6.07 Å². The fourth-order valence-electron chi connectivity index (χ4n) is 1.89. The van der Waals surface area contributed by atoms with Gasteiger partial charge in [-0.15, -0.1) is 0 Å². The van der Waals surface area contributed by atoms with Crippen molar-refractivity contribution in [2.24, 2.45) is 0 Å². The first kappa shape index (κ1) is 12.2. The lowest BCUT2D eigenvalue weighted by Gasteiger charge is -2.27. The Bertz CT molecular complexity index is 450. The van der Waals surface area contributed by atoms with Crippen LogP contribution in [0.1, 0.15) is 11.1 Å². The summed E-state index contributed by atoms with van der Waals surface area (Å²) < 4.78 is 5.28. The van der Waals surface area contributed by atoms with Crippen LogP contribution in [0.4, 0.5) is 5.69 Å². The standard InChI is InChI=1S/C12H14ClN3O/c13-12-10(5-9(7-14)6-11(12)15)8-16-1-3-17-4-2-16/h5-6H,1-4,8,15H2. The van der Waals surface area contributed by atoms with E-state index in [1.807, 2.05) is 0 Å². The van der Waals surface area contributed by atoms with Crippen LogP contribution in [0, 0.1) is 11.3 Å². The molecular formula is C12H14ClN3O. The number of hydrogen-bond donors (Lipinski definition) is 1. The minimum Gasteiger partial charge on any atom is -0.397 e. The van der Waals surface area contributed by atoms with E-state index in [1.54, 1.807) is 12.1 Å². The molecule has 1 aliphatic heterocycles. The fourth-order valence-corrected chi connectivity index (χ4v) is 2.06. The van der Waals surface area contributed by atoms with Gasteiger partial charge in [0.25, 0.3) is 0 Å². The van der Waals surface area contributed by atoms with Gasteiger partial charge in [-0.1, -0.05) is 11.6 Å². The molecule has 17 heavy (non-hydrogen) atoms. The molecule has 0 atom stereocenters. The summed E-state index contributed by atoms with van der Waals surface area (Å²) in [6, 6.07) is 5.49. The number of nitrogens with two attached hydrogens (primary N) is 1. The first-order chi connectivity index (χ1) is 8.20. The van der Waals surface area contributed by atoms with E-state index >= 15 is 0 Å². The molecule has 2 rings (SSSR count). The van der Waals surface area contributed by atoms with Crippen LogP contribution >= 0.6 is 11.6 Å². The highest BCUT2D eigenvalue weighted by atomic mass is 35.5. The van der Waals surface area contributed by atoms with Crippen molar-refractivity contribution >= 4 is 17.3 Å². The first-order valence-electron chi connectivity index (χ1n) is 5.49. The van der Waals surface area contributed by atoms with Crippen molar-refractivity contribution in [2.75, 3.05) is 32.0 Å². The summed E-state index contributed by atoms with van der Waals surface area (Å²) in [5.41, 5.74) is 7.70. The molecule has 1 fully saturated rings. The van der Waals surface area contributed by atoms with Crippen molar-refractivity contribution in [3.05, 3.63) is 28.3 Å². The average Bonchev–Trinajstić information content (AvgIpc) is 2.36. The Kier molecular flexibility index (Phi) is 3.85. The molecule has 1 aromatic carbocycles. The fraction of sp³-hybridized carbons (Fsp3) is 0.417. The molecule has 1 aliphatic rings. The second-order valence-electron chi connectivity index (χ2n) is 4.04. The van der Waals surface area contributed by atoms with Crippen LogP contribution < -0.4 is 5.73 Å². The zero-order chi connectivity index (χ0) is 12.3. The molecule has 0 amide bonds. The quantitative estimate of drug-likeness (QED) is 0.812. The molecule has 90 valence electrons. The topological polar surface area (TPSA) is 62.3 Å². The Hall–Kier alpha value is -1.28. The lowest BCUT2D eigenvalue weighted by Crippen LogP contribution is -2.35. The van der Waals surface area contributed by atoms with Crippen molar-refractivity contribution in [1.82, 2.24) is 4.90 Å². The van der Waals surface area contributed by atoms with E-state index in [0.29, 0.717) is 22.8 Å². The summed E-state index contributed by atoms with van der Waals surface area (Å²) in [7, 11) is 0. The van der Waals surface area contributed by atoms with Gasteiger partial charge in [0, 0.05) is 19.6 Å². The number of morpholine rings is 1. The maximum atomic E-state index is 8.90. The maximum Gasteiger partial charge on any atom is 0.0992 e. The van der Waals surface area contributed by atoms with Gasteiger partial charge in [-0.2, -0.15) is 5.26 Å². The van der Waals surface area contributed by atoms with Gasteiger partial charge in [0.2, 0.25) is 0 Å². The smallest absolute Gasteiger partial charge is 0.0992 e. The molecule has 0 saturated carbocycles. The Morgan fingerprint density at radius 3 is 2.76 bits per heavy atom. The molecule has 0 radical (unpaired) electrons. The number of nitrogen functional groups attached to an aromatic ring is 1. The SMILES string of the molecule is N#Cc1cc(N)c(Cl)c(CN2CCOCC2)c1. The highest BCUT2D eigenvalue weighted by Gasteiger charge is 2.14. The molecule has 0 bridgehead atoms. The Labute approximate surface area is 106 Å². The monoisotopic (exact) mass is 251 g/mol. The molecule has 1 saturated heterocycles. The number of nitrogens with zero attached hydrogens (tertiary/aromatic N) is 2. The zero-order valence-electron chi connectivity index (χ0n) is 9.45. The molecule has 0 aliphatic carbocycles. The van der Waals surface area contributed by atoms with Crippen molar-refractivity contribution < 1.29 is 4.74 Å². The normalized spacial score (nSPS) is 16.7. The summed E-state index contributed by atoms with van der Waals surface area (Å²) in [6.07, 6.45) is 0. The minimum atomic E-state index is 0.467. The molecule has 0 aromatic heterocycles. The van der Waals surface area contributed by atoms with Gasteiger partial charge in [0.15, 0.2) is 0 Å². The lowest BCUT2D eigenvalue weighted by molar-refractivity contribution is 0.0342. The Morgan fingerprint density at radius 2 is 2.12 bits per heavy atom. The number of nitriles is 1. The Balaban J connectivity index is 2.19. The van der Waals surface area contributed by atoms with E-state index in [0.717, 1.165) is 31.9 Å². The van der Waals surface area contributed by atoms with Gasteiger partial charge < -0.3 is 10.5 Å². The van der Waals surface area contributed by atoms with E-state index in [9.17, 15) is 0 Å². The number of anilines is 1. The van der Waals surface area contributed by atoms with Crippen LogP contribution in [0.2, 0.25) is 5.02 Å². The summed E-state index contributed by atoms with van der Waals surface area (Å²) in [5.74, 6) is 0. The highest BCUT2D eigenvalue weighted by molar-refractivity contribution is 6.33. The third-order valence-corrected chi connectivity index (χ3v) is 3.26. The van der Waals surface area contributed by atoms with Crippen LogP contribution in [0.15, 0.2) is 12.1 Å². The van der Waals surface area contributed by atoms with Gasteiger partial charge in [0.05, 0.1) is 35.6 Å². The predicted octanol–water partition coefficient (Wildman–Crippen LogP) is 1.63. The molecule has 1 aromatic rings. The van der Waals surface area contributed by atoms with Crippen LogP contribution in [0.5, 0.6) is 0 Å². The van der Waals surface area contributed by atoms with E-state index in [4.69, 9.17) is 27.3 Å². The van der Waals surface area contributed by atoms with Gasteiger partial charge in [-0.25, -0.2) is 0 Å². The molecule has 4 nitrogen and oxygen atoms in total. The molecule has 2 N–H and O–H groups in total. The summed E-state index contributed by atoms with van der Waals surface area (Å²) >= 11 is 6.15. The summed E-state index contributed by atoms with van der Waals surface area (Å²) in [6.45, 7) is 3.96. The summed E-state index contributed by atoms with van der Waals surface area (Å²) in [5, 5.41) is 9.45. The third kappa shape index (κ3) is 2.89. The highest BCUT2D eigenvalue weighted by Crippen LogP contribution is 2.26. The van der Waals surface area contributed by atoms with E-state index in [-0.39, 0.29) is 0 Å². The largest absolute Gasteiger partial charge is 0.397 e. The number of halogens is 1. The lowest BCUT2D eigenvalue weighted by atomic mass is 10.1. The van der Waals surface area contributed by atoms with Crippen molar-refractivity contribution in [1.29, 1.82) is 5.26 Å². The molecular weight excluding hydrogens is 238 g/mol. The second-order valence-corrected chi connectivity index (χ2v) is 4.42. The van der Waals surface area contributed by atoms with Crippen LogP contribution in [-0.2, 0) is 11.3 Å². The van der Waals surface area contributed by atoms with Gasteiger partial charge in [0.1, 0.15) is 0 Å². The van der Waals surface area contributed by atoms with Gasteiger partial charge in [-0.05, 0) is 17.7 Å². The first-order valence-corrected chi connectivity index (χ1v) is 5.86. The van der Waals surface area contributed by atoms with Crippen LogP contribution in [-0.4, -0.2) is 31.2 Å². The minimum absolute atomic E-state index is 0.467. The number of hydrogen-bond acceptors (Lipinski definition) is 4. The molecule has 5 heteroatoms. The third-order valence-electron chi connectivity index (χ3n) is 2.80. The van der Waals surface area contributed by atoms with Gasteiger partial charge >= 0.3 is 0 Å². The van der Waals surface area contributed by atoms with Crippen LogP contribution in [0.3, 0.4) is 0 Å². The number of benzene rings is 1. The Morgan fingerprint density at radius 1 is 1.41 bits per heavy atom. The number of rotatable bonds is 2. The summed E-state index contributed by atoms with van der Waals surface area (Å²) in [4.78, 5) is 2.24. The average molecular weight is 252 g/mol. The second kappa shape index (κ2) is 5.37. The number of ether oxygens (including phenoxy) is 1. The van der Waals surface area contributed by atoms with E-state index in [2.05, 4.69) is 11.0 Å². The van der Waals surface area contributed by atoms with Gasteiger partial charge in [-0.3, -0.25) is 4.90 Å². The molecule has 0 spiro atoms. The van der Waals surface area contributed by atoms with E-state index < -0.39 is 0 Å².